The second-order valence-corrected chi connectivity index (χ2v) is 6.12. The smallest absolute Gasteiger partial charge is 0.232 e. The Hall–Kier alpha value is -3.85. The van der Waals surface area contributed by atoms with E-state index in [9.17, 15) is 10.1 Å². The lowest BCUT2D eigenvalue weighted by atomic mass is 10.0. The van der Waals surface area contributed by atoms with Crippen molar-refractivity contribution in [1.29, 1.82) is 5.26 Å². The van der Waals surface area contributed by atoms with E-state index < -0.39 is 0 Å². The second-order valence-electron chi connectivity index (χ2n) is 6.12. The fraction of sp³-hybridized carbons (Fsp3) is 0.0952. The number of hydrogen-bond donors (Lipinski definition) is 1. The first-order chi connectivity index (χ1) is 13.1. The van der Waals surface area contributed by atoms with Gasteiger partial charge in [0.25, 0.3) is 0 Å². The highest BCUT2D eigenvalue weighted by atomic mass is 16.5. The number of H-pyrrole nitrogens is 1. The number of aromatic nitrogens is 3. The van der Waals surface area contributed by atoms with Gasteiger partial charge in [0.15, 0.2) is 5.69 Å². The average Bonchev–Trinajstić information content (AvgIpc) is 3.07. The van der Waals surface area contributed by atoms with Gasteiger partial charge in [0.1, 0.15) is 17.5 Å². The molecular weight excluding hydrogens is 340 g/mol. The fourth-order valence-electron chi connectivity index (χ4n) is 3.25. The molecule has 0 amide bonds. The Labute approximate surface area is 155 Å². The number of nitriles is 1. The zero-order valence-corrected chi connectivity index (χ0v) is 14.9. The number of hydrogen-bond acceptors (Lipinski definition) is 4. The molecule has 0 aliphatic carbocycles. The molecule has 0 aliphatic heterocycles. The molecule has 2 aromatic heterocycles. The zero-order valence-electron chi connectivity index (χ0n) is 14.9. The van der Waals surface area contributed by atoms with Crippen LogP contribution in [0.25, 0.3) is 28.0 Å². The molecule has 4 aromatic rings. The van der Waals surface area contributed by atoms with Crippen LogP contribution < -0.4 is 10.2 Å². The van der Waals surface area contributed by atoms with Crippen LogP contribution in [0.4, 0.5) is 0 Å². The van der Waals surface area contributed by atoms with Crippen molar-refractivity contribution in [2.24, 2.45) is 0 Å². The summed E-state index contributed by atoms with van der Waals surface area (Å²) < 4.78 is 6.86. The number of nitrogens with one attached hydrogen (secondary N) is 1. The van der Waals surface area contributed by atoms with E-state index in [0.717, 1.165) is 11.1 Å². The van der Waals surface area contributed by atoms with Crippen molar-refractivity contribution in [2.75, 3.05) is 7.11 Å². The molecule has 0 saturated carbocycles. The van der Waals surface area contributed by atoms with E-state index in [2.05, 4.69) is 16.2 Å². The summed E-state index contributed by atoms with van der Waals surface area (Å²) in [6, 6.07) is 18.8. The maximum atomic E-state index is 13.2. The average molecular weight is 356 g/mol. The molecule has 6 nitrogen and oxygen atoms in total. The van der Waals surface area contributed by atoms with E-state index in [1.54, 1.807) is 17.7 Å². The van der Waals surface area contributed by atoms with Gasteiger partial charge in [-0.05, 0) is 24.6 Å². The van der Waals surface area contributed by atoms with Crippen LogP contribution in [0.15, 0.2) is 59.4 Å². The van der Waals surface area contributed by atoms with E-state index >= 15 is 0 Å². The minimum atomic E-state index is -0.238. The minimum Gasteiger partial charge on any atom is -0.497 e. The highest BCUT2D eigenvalue weighted by Gasteiger charge is 2.20. The Morgan fingerprint density at radius 3 is 2.56 bits per heavy atom. The van der Waals surface area contributed by atoms with Crippen LogP contribution >= 0.6 is 0 Å². The monoisotopic (exact) mass is 356 g/mol. The number of nitrogens with zero attached hydrogens (tertiary/aromatic N) is 3. The van der Waals surface area contributed by atoms with Gasteiger partial charge in [-0.15, -0.1) is 0 Å². The van der Waals surface area contributed by atoms with Gasteiger partial charge in [-0.2, -0.15) is 5.26 Å². The van der Waals surface area contributed by atoms with Crippen LogP contribution in [0.2, 0.25) is 0 Å². The van der Waals surface area contributed by atoms with E-state index in [0.29, 0.717) is 22.7 Å². The van der Waals surface area contributed by atoms with Crippen LogP contribution in [0.1, 0.15) is 11.4 Å². The number of imidazole rings is 1. The molecule has 0 aliphatic rings. The van der Waals surface area contributed by atoms with Crippen molar-refractivity contribution in [3.8, 4) is 34.2 Å². The van der Waals surface area contributed by atoms with Crippen molar-refractivity contribution in [3.05, 3.63) is 76.2 Å². The molecule has 0 spiro atoms. The first kappa shape index (κ1) is 16.6. The SMILES string of the molecule is COc1cccc(-c2c(C)[nH]n3c(-c4ccccc4)c(C#N)nc3c2=O)c1. The van der Waals surface area contributed by atoms with E-state index in [-0.39, 0.29) is 16.8 Å². The molecule has 0 atom stereocenters. The summed E-state index contributed by atoms with van der Waals surface area (Å²) in [5.41, 5.74) is 3.47. The summed E-state index contributed by atoms with van der Waals surface area (Å²) in [5, 5.41) is 12.8. The highest BCUT2D eigenvalue weighted by Crippen LogP contribution is 2.27. The summed E-state index contributed by atoms with van der Waals surface area (Å²) in [4.78, 5) is 17.5. The predicted molar refractivity (Wildman–Crippen MR) is 103 cm³/mol. The van der Waals surface area contributed by atoms with Gasteiger partial charge < -0.3 is 4.74 Å². The van der Waals surface area contributed by atoms with Crippen LogP contribution in [0.3, 0.4) is 0 Å². The molecule has 0 radical (unpaired) electrons. The van der Waals surface area contributed by atoms with Crippen molar-refractivity contribution < 1.29 is 4.74 Å². The van der Waals surface area contributed by atoms with Gasteiger partial charge >= 0.3 is 0 Å². The van der Waals surface area contributed by atoms with Crippen LogP contribution in [0.5, 0.6) is 5.75 Å². The van der Waals surface area contributed by atoms with Gasteiger partial charge in [0, 0.05) is 11.3 Å². The fourth-order valence-corrected chi connectivity index (χ4v) is 3.25. The third-order valence-corrected chi connectivity index (χ3v) is 4.47. The maximum absolute atomic E-state index is 13.2. The summed E-state index contributed by atoms with van der Waals surface area (Å²) in [6.45, 7) is 1.83. The molecule has 0 saturated heterocycles. The molecule has 2 heterocycles. The van der Waals surface area contributed by atoms with Crippen molar-refractivity contribution in [2.45, 2.75) is 6.92 Å². The predicted octanol–water partition coefficient (Wildman–Crippen LogP) is 3.55. The van der Waals surface area contributed by atoms with E-state index in [4.69, 9.17) is 4.74 Å². The first-order valence-electron chi connectivity index (χ1n) is 8.39. The molecule has 6 heteroatoms. The van der Waals surface area contributed by atoms with Crippen molar-refractivity contribution in [1.82, 2.24) is 14.6 Å². The lowest BCUT2D eigenvalue weighted by Gasteiger charge is -2.10. The Balaban J connectivity index is 2.04. The Morgan fingerprint density at radius 1 is 1.11 bits per heavy atom. The second kappa shape index (κ2) is 6.46. The quantitative estimate of drug-likeness (QED) is 0.608. The van der Waals surface area contributed by atoms with Gasteiger partial charge in [0.2, 0.25) is 11.1 Å². The molecular formula is C21H16N4O2. The van der Waals surface area contributed by atoms with Crippen LogP contribution in [0, 0.1) is 18.3 Å². The number of methoxy groups -OCH3 is 1. The van der Waals surface area contributed by atoms with Gasteiger partial charge in [-0.25, -0.2) is 9.50 Å². The van der Waals surface area contributed by atoms with Crippen LogP contribution in [-0.2, 0) is 0 Å². The third-order valence-electron chi connectivity index (χ3n) is 4.47. The number of fused-ring (bicyclic) bond motifs is 1. The molecule has 0 fully saturated rings. The summed E-state index contributed by atoms with van der Waals surface area (Å²) in [6.07, 6.45) is 0. The summed E-state index contributed by atoms with van der Waals surface area (Å²) in [5.74, 6) is 0.664. The Kier molecular flexibility index (Phi) is 3.98. The normalized spacial score (nSPS) is 10.7. The molecule has 1 N–H and O–H groups in total. The van der Waals surface area contributed by atoms with Gasteiger partial charge in [-0.3, -0.25) is 9.89 Å². The first-order valence-corrected chi connectivity index (χ1v) is 8.39. The number of ether oxygens (including phenoxy) is 1. The van der Waals surface area contributed by atoms with Crippen molar-refractivity contribution in [3.63, 3.8) is 0 Å². The largest absolute Gasteiger partial charge is 0.497 e. The summed E-state index contributed by atoms with van der Waals surface area (Å²) in [7, 11) is 1.58. The maximum Gasteiger partial charge on any atom is 0.232 e. The van der Waals surface area contributed by atoms with Gasteiger partial charge in [0.05, 0.1) is 12.7 Å². The Morgan fingerprint density at radius 2 is 1.85 bits per heavy atom. The Bertz CT molecular complexity index is 1250. The van der Waals surface area contributed by atoms with E-state index in [1.807, 2.05) is 55.5 Å². The number of rotatable bonds is 3. The highest BCUT2D eigenvalue weighted by molar-refractivity contribution is 5.74. The topological polar surface area (TPSA) is 83.2 Å². The number of aryl methyl sites for hydroxylation is 1. The lowest BCUT2D eigenvalue weighted by molar-refractivity contribution is 0.415. The minimum absolute atomic E-state index is 0.189. The molecule has 4 rings (SSSR count). The van der Waals surface area contributed by atoms with Crippen molar-refractivity contribution >= 4 is 5.65 Å². The summed E-state index contributed by atoms with van der Waals surface area (Å²) >= 11 is 0. The number of benzene rings is 2. The molecule has 27 heavy (non-hydrogen) atoms. The number of aromatic amines is 1. The molecule has 0 unspecified atom stereocenters. The van der Waals surface area contributed by atoms with E-state index in [1.165, 1.54) is 0 Å². The molecule has 2 aromatic carbocycles. The van der Waals surface area contributed by atoms with Crippen LogP contribution in [-0.4, -0.2) is 21.7 Å². The lowest BCUT2D eigenvalue weighted by Crippen LogP contribution is -2.14. The zero-order chi connectivity index (χ0) is 19.0. The van der Waals surface area contributed by atoms with Gasteiger partial charge in [-0.1, -0.05) is 42.5 Å². The molecule has 0 bridgehead atoms. The third kappa shape index (κ3) is 2.66. The standard InChI is InChI=1S/C21H16N4O2/c1-13-18(15-9-6-10-16(11-15)27-2)20(26)21-23-17(12-22)19(25(21)24-13)14-7-4-3-5-8-14/h3-11,24H,1-2H3. The molecule has 132 valence electrons.